The molecule has 5 aromatic rings. The lowest BCUT2D eigenvalue weighted by Crippen LogP contribution is -2.11. The maximum atomic E-state index is 12.4. The Morgan fingerprint density at radius 2 is 1.44 bits per heavy atom. The number of halogens is 2. The van der Waals surface area contributed by atoms with Gasteiger partial charge < -0.3 is 10.6 Å². The highest BCUT2D eigenvalue weighted by atomic mass is 35.5. The minimum absolute atomic E-state index is 0.229. The van der Waals surface area contributed by atoms with Crippen LogP contribution in [0.5, 0.6) is 0 Å². The number of fused-ring (bicyclic) bond motifs is 1. The highest BCUT2D eigenvalue weighted by molar-refractivity contribution is 6.31. The van der Waals surface area contributed by atoms with E-state index in [1.807, 2.05) is 72.8 Å². The topological polar surface area (TPSA) is 66.9 Å². The molecule has 0 saturated heterocycles. The molecule has 1 heterocycles. The molecule has 5 nitrogen and oxygen atoms in total. The number of nitrogens with one attached hydrogen (secondary N) is 2. The number of hydrogen-bond donors (Lipinski definition) is 2. The number of anilines is 3. The minimum atomic E-state index is -0.229. The summed E-state index contributed by atoms with van der Waals surface area (Å²) in [6.07, 6.45) is 0. The molecule has 0 radical (unpaired) electrons. The maximum absolute atomic E-state index is 12.4. The Morgan fingerprint density at radius 3 is 2.21 bits per heavy atom. The van der Waals surface area contributed by atoms with E-state index in [4.69, 9.17) is 28.2 Å². The molecule has 0 unspecified atom stereocenters. The van der Waals surface area contributed by atoms with Gasteiger partial charge in [0.25, 0.3) is 5.91 Å². The Balaban J connectivity index is 1.40. The third kappa shape index (κ3) is 4.86. The number of nitrogens with zero attached hydrogens (tertiary/aromatic N) is 2. The molecule has 0 aliphatic carbocycles. The van der Waals surface area contributed by atoms with Crippen molar-refractivity contribution in [3.8, 4) is 11.3 Å². The summed E-state index contributed by atoms with van der Waals surface area (Å²) in [4.78, 5) is 21.9. The second-order valence-electron chi connectivity index (χ2n) is 7.59. The van der Waals surface area contributed by atoms with E-state index in [0.717, 1.165) is 27.8 Å². The van der Waals surface area contributed by atoms with Crippen LogP contribution in [0.1, 0.15) is 10.4 Å². The maximum Gasteiger partial charge on any atom is 0.255 e. The zero-order valence-electron chi connectivity index (χ0n) is 17.8. The van der Waals surface area contributed by atoms with Crippen molar-refractivity contribution >= 4 is 57.3 Å². The second-order valence-corrected chi connectivity index (χ2v) is 8.46. The fourth-order valence-corrected chi connectivity index (χ4v) is 3.93. The van der Waals surface area contributed by atoms with Crippen LogP contribution in [0.3, 0.4) is 0 Å². The molecule has 0 aliphatic heterocycles. The molecule has 0 aliphatic rings. The van der Waals surface area contributed by atoms with Crippen molar-refractivity contribution < 1.29 is 4.79 Å². The summed E-state index contributed by atoms with van der Waals surface area (Å²) in [6, 6.07) is 29.6. The van der Waals surface area contributed by atoms with E-state index in [0.29, 0.717) is 27.2 Å². The zero-order valence-corrected chi connectivity index (χ0v) is 19.3. The quantitative estimate of drug-likeness (QED) is 0.269. The van der Waals surface area contributed by atoms with Gasteiger partial charge in [-0.1, -0.05) is 59.6 Å². The normalized spacial score (nSPS) is 10.8. The lowest BCUT2D eigenvalue weighted by molar-refractivity contribution is 0.102. The Labute approximate surface area is 206 Å². The summed E-state index contributed by atoms with van der Waals surface area (Å²) >= 11 is 12.2. The molecule has 0 bridgehead atoms. The van der Waals surface area contributed by atoms with Crippen LogP contribution in [0.25, 0.3) is 22.2 Å². The van der Waals surface area contributed by atoms with Crippen molar-refractivity contribution in [3.05, 3.63) is 113 Å². The SMILES string of the molecule is O=C(Nc1ccc(Nc2nc(-c3ccccc3)c3cc(Cl)ccc3n2)cc1)c1cccc(Cl)c1. The number of carbonyl (C=O) groups is 1. The van der Waals surface area contributed by atoms with Crippen molar-refractivity contribution in [1.29, 1.82) is 0 Å². The monoisotopic (exact) mass is 484 g/mol. The van der Waals surface area contributed by atoms with Crippen LogP contribution in [-0.4, -0.2) is 15.9 Å². The van der Waals surface area contributed by atoms with Gasteiger partial charge >= 0.3 is 0 Å². The van der Waals surface area contributed by atoms with Gasteiger partial charge in [0, 0.05) is 37.9 Å². The number of hydrogen-bond acceptors (Lipinski definition) is 4. The van der Waals surface area contributed by atoms with Gasteiger partial charge in [0.15, 0.2) is 0 Å². The first-order chi connectivity index (χ1) is 16.5. The van der Waals surface area contributed by atoms with Crippen LogP contribution >= 0.6 is 23.2 Å². The summed E-state index contributed by atoms with van der Waals surface area (Å²) in [5, 5.41) is 8.14. The number of aromatic nitrogens is 2. The molecule has 2 N–H and O–H groups in total. The predicted molar refractivity (Wildman–Crippen MR) is 139 cm³/mol. The molecule has 0 fully saturated rings. The van der Waals surface area contributed by atoms with E-state index in [2.05, 4.69) is 15.6 Å². The first-order valence-electron chi connectivity index (χ1n) is 10.5. The number of carbonyl (C=O) groups excluding carboxylic acids is 1. The lowest BCUT2D eigenvalue weighted by Gasteiger charge is -2.11. The van der Waals surface area contributed by atoms with Crippen LogP contribution in [0.4, 0.5) is 17.3 Å². The van der Waals surface area contributed by atoms with Gasteiger partial charge in [-0.05, 0) is 60.7 Å². The number of amides is 1. The van der Waals surface area contributed by atoms with Crippen LogP contribution in [0, 0.1) is 0 Å². The molecule has 34 heavy (non-hydrogen) atoms. The zero-order chi connectivity index (χ0) is 23.5. The van der Waals surface area contributed by atoms with E-state index in [-0.39, 0.29) is 5.91 Å². The molecule has 4 aromatic carbocycles. The Kier molecular flexibility index (Phi) is 6.12. The second kappa shape index (κ2) is 9.51. The fourth-order valence-electron chi connectivity index (χ4n) is 3.57. The third-order valence-corrected chi connectivity index (χ3v) is 5.66. The van der Waals surface area contributed by atoms with Crippen molar-refractivity contribution in [3.63, 3.8) is 0 Å². The Morgan fingerprint density at radius 1 is 0.706 bits per heavy atom. The fraction of sp³-hybridized carbons (Fsp3) is 0. The molecule has 5 rings (SSSR count). The molecule has 7 heteroatoms. The smallest absolute Gasteiger partial charge is 0.255 e. The van der Waals surface area contributed by atoms with E-state index >= 15 is 0 Å². The van der Waals surface area contributed by atoms with Crippen molar-refractivity contribution in [1.82, 2.24) is 9.97 Å². The first-order valence-corrected chi connectivity index (χ1v) is 11.3. The van der Waals surface area contributed by atoms with Crippen LogP contribution < -0.4 is 10.6 Å². The average molecular weight is 485 g/mol. The Hall–Kier alpha value is -3.93. The standard InChI is InChI=1S/C27H18Cl2N4O/c28-19-8-4-7-18(15-19)26(34)30-21-10-12-22(13-11-21)31-27-32-24-14-9-20(29)16-23(24)25(33-27)17-5-2-1-3-6-17/h1-16H,(H,30,34)(H,31,32,33). The molecular weight excluding hydrogens is 467 g/mol. The van der Waals surface area contributed by atoms with Crippen LogP contribution in [0.2, 0.25) is 10.0 Å². The van der Waals surface area contributed by atoms with Gasteiger partial charge in [-0.3, -0.25) is 4.79 Å². The molecule has 1 amide bonds. The third-order valence-electron chi connectivity index (χ3n) is 5.19. The molecule has 0 atom stereocenters. The van der Waals surface area contributed by atoms with E-state index in [9.17, 15) is 4.79 Å². The summed E-state index contributed by atoms with van der Waals surface area (Å²) in [6.45, 7) is 0. The van der Waals surface area contributed by atoms with Crippen LogP contribution in [0.15, 0.2) is 97.1 Å². The number of benzene rings is 4. The molecule has 1 aromatic heterocycles. The average Bonchev–Trinajstić information content (AvgIpc) is 2.85. The van der Waals surface area contributed by atoms with Gasteiger partial charge in [0.1, 0.15) is 0 Å². The van der Waals surface area contributed by atoms with Crippen molar-refractivity contribution in [2.45, 2.75) is 0 Å². The summed E-state index contributed by atoms with van der Waals surface area (Å²) in [5.74, 6) is 0.233. The molecule has 166 valence electrons. The first kappa shape index (κ1) is 21.9. The van der Waals surface area contributed by atoms with Gasteiger partial charge in [-0.25, -0.2) is 9.97 Å². The van der Waals surface area contributed by atoms with E-state index in [1.165, 1.54) is 0 Å². The largest absolute Gasteiger partial charge is 0.324 e. The molecule has 0 saturated carbocycles. The summed E-state index contributed by atoms with van der Waals surface area (Å²) < 4.78 is 0. The summed E-state index contributed by atoms with van der Waals surface area (Å²) in [7, 11) is 0. The van der Waals surface area contributed by atoms with Gasteiger partial charge in [0.05, 0.1) is 11.2 Å². The van der Waals surface area contributed by atoms with Gasteiger partial charge in [-0.15, -0.1) is 0 Å². The van der Waals surface area contributed by atoms with E-state index < -0.39 is 0 Å². The minimum Gasteiger partial charge on any atom is -0.324 e. The van der Waals surface area contributed by atoms with Crippen molar-refractivity contribution in [2.75, 3.05) is 10.6 Å². The highest BCUT2D eigenvalue weighted by Gasteiger charge is 2.11. The number of rotatable bonds is 5. The Bertz CT molecular complexity index is 1490. The van der Waals surface area contributed by atoms with Crippen molar-refractivity contribution in [2.24, 2.45) is 0 Å². The van der Waals surface area contributed by atoms with Gasteiger partial charge in [-0.2, -0.15) is 0 Å². The van der Waals surface area contributed by atoms with Crippen LogP contribution in [-0.2, 0) is 0 Å². The van der Waals surface area contributed by atoms with E-state index in [1.54, 1.807) is 24.3 Å². The van der Waals surface area contributed by atoms with Gasteiger partial charge in [0.2, 0.25) is 5.95 Å². The lowest BCUT2D eigenvalue weighted by atomic mass is 10.1. The predicted octanol–water partition coefficient (Wildman–Crippen LogP) is 7.60. The molecule has 0 spiro atoms. The highest BCUT2D eigenvalue weighted by Crippen LogP contribution is 2.30. The molecular formula is C27H18Cl2N4O. The summed E-state index contributed by atoms with van der Waals surface area (Å²) in [5.41, 5.74) is 4.49.